The standard InChI is InChI=1S/C14H18F3N3O/c1-11-12(20-7-3-2-5-13(20)18-11)9-19(6-4-8-21)10-14(15,16)17/h2-3,5,7,21H,4,6,8-10H2,1H3. The average Bonchev–Trinajstić information content (AvgIpc) is 2.71. The van der Waals surface area contributed by atoms with E-state index in [0.717, 1.165) is 17.0 Å². The van der Waals surface area contributed by atoms with E-state index in [2.05, 4.69) is 4.98 Å². The Balaban J connectivity index is 2.23. The SMILES string of the molecule is Cc1nc2ccccn2c1CN(CCCO)CC(F)(F)F. The summed E-state index contributed by atoms with van der Waals surface area (Å²) >= 11 is 0. The smallest absolute Gasteiger partial charge is 0.396 e. The molecule has 0 radical (unpaired) electrons. The highest BCUT2D eigenvalue weighted by atomic mass is 19.4. The summed E-state index contributed by atoms with van der Waals surface area (Å²) in [5, 5.41) is 8.84. The van der Waals surface area contributed by atoms with Crippen LogP contribution in [0.4, 0.5) is 13.2 Å². The van der Waals surface area contributed by atoms with Gasteiger partial charge in [-0.3, -0.25) is 4.90 Å². The molecule has 0 atom stereocenters. The van der Waals surface area contributed by atoms with Gasteiger partial charge in [-0.2, -0.15) is 13.2 Å². The van der Waals surface area contributed by atoms with Crippen LogP contribution < -0.4 is 0 Å². The molecule has 0 bridgehead atoms. The summed E-state index contributed by atoms with van der Waals surface area (Å²) in [5.74, 6) is 0. The molecular formula is C14H18F3N3O. The summed E-state index contributed by atoms with van der Waals surface area (Å²) in [5.41, 5.74) is 2.18. The lowest BCUT2D eigenvalue weighted by molar-refractivity contribution is -0.147. The monoisotopic (exact) mass is 301 g/mol. The molecule has 2 rings (SSSR count). The van der Waals surface area contributed by atoms with E-state index in [9.17, 15) is 13.2 Å². The van der Waals surface area contributed by atoms with E-state index in [0.29, 0.717) is 6.42 Å². The number of pyridine rings is 1. The van der Waals surface area contributed by atoms with Crippen LogP contribution in [0.15, 0.2) is 24.4 Å². The van der Waals surface area contributed by atoms with Crippen LogP contribution in [0.3, 0.4) is 0 Å². The highest BCUT2D eigenvalue weighted by molar-refractivity contribution is 5.42. The molecule has 2 aromatic rings. The van der Waals surface area contributed by atoms with E-state index >= 15 is 0 Å². The number of halogens is 3. The number of alkyl halides is 3. The van der Waals surface area contributed by atoms with Gasteiger partial charge in [0, 0.05) is 25.9 Å². The van der Waals surface area contributed by atoms with Crippen LogP contribution in [0.2, 0.25) is 0 Å². The first kappa shape index (κ1) is 15.8. The van der Waals surface area contributed by atoms with E-state index in [4.69, 9.17) is 5.11 Å². The average molecular weight is 301 g/mol. The number of imidazole rings is 1. The topological polar surface area (TPSA) is 40.8 Å². The van der Waals surface area contributed by atoms with Crippen LogP contribution >= 0.6 is 0 Å². The highest BCUT2D eigenvalue weighted by Crippen LogP contribution is 2.20. The molecule has 2 aromatic heterocycles. The Morgan fingerprint density at radius 1 is 1.33 bits per heavy atom. The zero-order chi connectivity index (χ0) is 15.5. The van der Waals surface area contributed by atoms with Gasteiger partial charge in [-0.25, -0.2) is 4.98 Å². The predicted octanol–water partition coefficient (Wildman–Crippen LogP) is 2.39. The fourth-order valence-corrected chi connectivity index (χ4v) is 2.33. The summed E-state index contributed by atoms with van der Waals surface area (Å²) in [4.78, 5) is 5.64. The van der Waals surface area contributed by atoms with Crippen molar-refractivity contribution in [1.29, 1.82) is 0 Å². The normalized spacial score (nSPS) is 12.5. The first-order valence-corrected chi connectivity index (χ1v) is 6.73. The molecule has 116 valence electrons. The van der Waals surface area contributed by atoms with Crippen molar-refractivity contribution in [3.05, 3.63) is 35.8 Å². The fraction of sp³-hybridized carbons (Fsp3) is 0.500. The molecule has 0 aliphatic heterocycles. The zero-order valence-electron chi connectivity index (χ0n) is 11.8. The molecule has 0 fully saturated rings. The Kier molecular flexibility index (Phi) is 4.84. The number of fused-ring (bicyclic) bond motifs is 1. The maximum atomic E-state index is 12.6. The first-order valence-electron chi connectivity index (χ1n) is 6.73. The first-order chi connectivity index (χ1) is 9.90. The third-order valence-electron chi connectivity index (χ3n) is 3.24. The third kappa shape index (κ3) is 4.18. The van der Waals surface area contributed by atoms with Crippen LogP contribution in [0.25, 0.3) is 5.65 Å². The second kappa shape index (κ2) is 6.44. The predicted molar refractivity (Wildman–Crippen MR) is 73.0 cm³/mol. The lowest BCUT2D eigenvalue weighted by Gasteiger charge is -2.23. The molecule has 1 N–H and O–H groups in total. The van der Waals surface area contributed by atoms with E-state index in [1.807, 2.05) is 18.2 Å². The quantitative estimate of drug-likeness (QED) is 0.890. The van der Waals surface area contributed by atoms with Gasteiger partial charge in [-0.15, -0.1) is 0 Å². The lowest BCUT2D eigenvalue weighted by atomic mass is 10.3. The van der Waals surface area contributed by atoms with Gasteiger partial charge in [-0.05, 0) is 25.5 Å². The molecule has 0 spiro atoms. The molecule has 0 saturated carbocycles. The molecule has 0 unspecified atom stereocenters. The molecular weight excluding hydrogens is 283 g/mol. The molecule has 21 heavy (non-hydrogen) atoms. The third-order valence-corrected chi connectivity index (χ3v) is 3.24. The molecule has 0 saturated heterocycles. The van der Waals surface area contributed by atoms with Crippen molar-refractivity contribution >= 4 is 5.65 Å². The van der Waals surface area contributed by atoms with Gasteiger partial charge >= 0.3 is 6.18 Å². The number of rotatable bonds is 6. The van der Waals surface area contributed by atoms with Crippen LogP contribution in [-0.2, 0) is 6.54 Å². The summed E-state index contributed by atoms with van der Waals surface area (Å²) < 4.78 is 39.8. The van der Waals surface area contributed by atoms with Crippen molar-refractivity contribution in [2.24, 2.45) is 0 Å². The van der Waals surface area contributed by atoms with Crippen molar-refractivity contribution in [2.75, 3.05) is 19.7 Å². The minimum Gasteiger partial charge on any atom is -0.396 e. The highest BCUT2D eigenvalue weighted by Gasteiger charge is 2.31. The van der Waals surface area contributed by atoms with Crippen LogP contribution in [0.1, 0.15) is 17.8 Å². The van der Waals surface area contributed by atoms with Crippen molar-refractivity contribution in [2.45, 2.75) is 26.1 Å². The number of aromatic nitrogens is 2. The molecule has 0 aliphatic carbocycles. The molecule has 0 aliphatic rings. The number of nitrogens with zero attached hydrogens (tertiary/aromatic N) is 3. The van der Waals surface area contributed by atoms with Crippen molar-refractivity contribution in [1.82, 2.24) is 14.3 Å². The molecule has 2 heterocycles. The second-order valence-electron chi connectivity index (χ2n) is 4.98. The maximum absolute atomic E-state index is 12.6. The lowest BCUT2D eigenvalue weighted by Crippen LogP contribution is -2.35. The van der Waals surface area contributed by atoms with Crippen LogP contribution in [-0.4, -0.2) is 45.3 Å². The number of hydrogen-bond donors (Lipinski definition) is 1. The van der Waals surface area contributed by atoms with Crippen molar-refractivity contribution in [3.63, 3.8) is 0 Å². The summed E-state index contributed by atoms with van der Waals surface area (Å²) in [6, 6.07) is 5.47. The van der Waals surface area contributed by atoms with E-state index in [1.165, 1.54) is 4.90 Å². The van der Waals surface area contributed by atoms with Crippen molar-refractivity contribution < 1.29 is 18.3 Å². The van der Waals surface area contributed by atoms with Crippen molar-refractivity contribution in [3.8, 4) is 0 Å². The maximum Gasteiger partial charge on any atom is 0.401 e. The molecule has 4 nitrogen and oxygen atoms in total. The Morgan fingerprint density at radius 2 is 2.10 bits per heavy atom. The van der Waals surface area contributed by atoms with Gasteiger partial charge in [-0.1, -0.05) is 6.07 Å². The van der Waals surface area contributed by atoms with Gasteiger partial charge < -0.3 is 9.51 Å². The van der Waals surface area contributed by atoms with Gasteiger partial charge in [0.2, 0.25) is 0 Å². The largest absolute Gasteiger partial charge is 0.401 e. The van der Waals surface area contributed by atoms with Gasteiger partial charge in [0.1, 0.15) is 5.65 Å². The minimum absolute atomic E-state index is 0.125. The Hall–Kier alpha value is -1.60. The zero-order valence-corrected chi connectivity index (χ0v) is 11.8. The number of aliphatic hydroxyl groups is 1. The van der Waals surface area contributed by atoms with Gasteiger partial charge in [0.25, 0.3) is 0 Å². The summed E-state index contributed by atoms with van der Waals surface area (Å²) in [6.45, 7) is 1.01. The van der Waals surface area contributed by atoms with Gasteiger partial charge in [0.15, 0.2) is 0 Å². The van der Waals surface area contributed by atoms with E-state index in [-0.39, 0.29) is 19.7 Å². The van der Waals surface area contributed by atoms with Crippen LogP contribution in [0, 0.1) is 6.92 Å². The Morgan fingerprint density at radius 3 is 2.76 bits per heavy atom. The number of aryl methyl sites for hydroxylation is 1. The molecule has 7 heteroatoms. The summed E-state index contributed by atoms with van der Waals surface area (Å²) in [6.07, 6.45) is -2.15. The Bertz CT molecular complexity index is 595. The Labute approximate surface area is 120 Å². The van der Waals surface area contributed by atoms with Gasteiger partial charge in [0.05, 0.1) is 17.9 Å². The minimum atomic E-state index is -4.26. The van der Waals surface area contributed by atoms with E-state index < -0.39 is 12.7 Å². The fourth-order valence-electron chi connectivity index (χ4n) is 2.33. The molecule has 0 aromatic carbocycles. The summed E-state index contributed by atoms with van der Waals surface area (Å²) in [7, 11) is 0. The number of aliphatic hydroxyl groups excluding tert-OH is 1. The van der Waals surface area contributed by atoms with E-state index in [1.54, 1.807) is 17.5 Å². The van der Waals surface area contributed by atoms with Crippen LogP contribution in [0.5, 0.6) is 0 Å². The number of hydrogen-bond acceptors (Lipinski definition) is 3. The second-order valence-corrected chi connectivity index (χ2v) is 4.98. The molecule has 0 amide bonds.